The van der Waals surface area contributed by atoms with Crippen LogP contribution in [0.4, 0.5) is 5.69 Å². The second-order valence-electron chi connectivity index (χ2n) is 6.13. The summed E-state index contributed by atoms with van der Waals surface area (Å²) in [5.41, 5.74) is 1.94. The Morgan fingerprint density at radius 2 is 1.54 bits per heavy atom. The minimum Gasteiger partial charge on any atom is -0.491 e. The molecule has 0 saturated carbocycles. The predicted octanol–water partition coefficient (Wildman–Crippen LogP) is 4.24. The number of anilines is 1. The number of hydrogen-bond acceptors (Lipinski definition) is 4. The van der Waals surface area contributed by atoms with Crippen molar-refractivity contribution in [2.45, 2.75) is 26.7 Å². The third-order valence-electron chi connectivity index (χ3n) is 3.76. The van der Waals surface area contributed by atoms with Gasteiger partial charge >= 0.3 is 0 Å². The van der Waals surface area contributed by atoms with Gasteiger partial charge in [-0.2, -0.15) is 0 Å². The summed E-state index contributed by atoms with van der Waals surface area (Å²) in [6.45, 7) is 7.93. The molecule has 0 radical (unpaired) electrons. The normalized spacial score (nSPS) is 10.6. The number of hydrogen-bond donors (Lipinski definition) is 1. The first-order valence-corrected chi connectivity index (χ1v) is 8.91. The lowest BCUT2D eigenvalue weighted by atomic mass is 10.0. The average Bonchev–Trinajstić information content (AvgIpc) is 2.65. The molecule has 2 aromatic carbocycles. The molecule has 0 aliphatic rings. The van der Waals surface area contributed by atoms with E-state index in [9.17, 15) is 4.79 Å². The standard InChI is InChI=1S/C21H27NO4/c1-4-24-13-14-25-19-11-7-18(8-12-19)22-21(23)15-26-20-9-5-17(6-10-20)16(2)3/h5-12,16H,4,13-15H2,1-3H3,(H,22,23). The number of rotatable bonds is 10. The van der Waals surface area contributed by atoms with Crippen molar-refractivity contribution in [1.29, 1.82) is 0 Å². The highest BCUT2D eigenvalue weighted by atomic mass is 16.5. The van der Waals surface area contributed by atoms with E-state index in [0.717, 1.165) is 5.75 Å². The molecular formula is C21H27NO4. The first kappa shape index (κ1) is 19.8. The molecule has 5 nitrogen and oxygen atoms in total. The van der Waals surface area contributed by atoms with E-state index in [1.807, 2.05) is 43.3 Å². The van der Waals surface area contributed by atoms with Crippen LogP contribution in [0.5, 0.6) is 11.5 Å². The largest absolute Gasteiger partial charge is 0.491 e. The van der Waals surface area contributed by atoms with Gasteiger partial charge in [0, 0.05) is 12.3 Å². The first-order chi connectivity index (χ1) is 12.6. The molecule has 0 aliphatic heterocycles. The zero-order chi connectivity index (χ0) is 18.8. The Hall–Kier alpha value is -2.53. The molecule has 0 aliphatic carbocycles. The van der Waals surface area contributed by atoms with Crippen molar-refractivity contribution in [3.63, 3.8) is 0 Å². The maximum atomic E-state index is 12.0. The third kappa shape index (κ3) is 6.76. The van der Waals surface area contributed by atoms with Crippen LogP contribution in [0.2, 0.25) is 0 Å². The maximum absolute atomic E-state index is 12.0. The number of benzene rings is 2. The van der Waals surface area contributed by atoms with Crippen LogP contribution in [0.25, 0.3) is 0 Å². The van der Waals surface area contributed by atoms with E-state index in [0.29, 0.717) is 37.2 Å². The summed E-state index contributed by atoms with van der Waals surface area (Å²) in [5.74, 6) is 1.69. The van der Waals surface area contributed by atoms with Gasteiger partial charge in [-0.1, -0.05) is 26.0 Å². The molecule has 0 heterocycles. The highest BCUT2D eigenvalue weighted by Crippen LogP contribution is 2.19. The van der Waals surface area contributed by atoms with Gasteiger partial charge in [0.15, 0.2) is 6.61 Å². The van der Waals surface area contributed by atoms with Crippen molar-refractivity contribution in [3.8, 4) is 11.5 Å². The van der Waals surface area contributed by atoms with Gasteiger partial charge in [0.1, 0.15) is 18.1 Å². The fourth-order valence-corrected chi connectivity index (χ4v) is 2.29. The molecule has 0 fully saturated rings. The molecule has 0 unspecified atom stereocenters. The van der Waals surface area contributed by atoms with Crippen molar-refractivity contribution in [1.82, 2.24) is 0 Å². The van der Waals surface area contributed by atoms with Crippen LogP contribution in [0.15, 0.2) is 48.5 Å². The Morgan fingerprint density at radius 3 is 2.15 bits per heavy atom. The minimum atomic E-state index is -0.206. The summed E-state index contributed by atoms with van der Waals surface area (Å²) >= 11 is 0. The lowest BCUT2D eigenvalue weighted by molar-refractivity contribution is -0.118. The second kappa shape index (κ2) is 10.5. The lowest BCUT2D eigenvalue weighted by Gasteiger charge is -2.10. The Balaban J connectivity index is 1.75. The van der Waals surface area contributed by atoms with Gasteiger partial charge in [-0.25, -0.2) is 0 Å². The smallest absolute Gasteiger partial charge is 0.262 e. The Kier molecular flexibility index (Phi) is 7.96. The van der Waals surface area contributed by atoms with Crippen LogP contribution >= 0.6 is 0 Å². The van der Waals surface area contributed by atoms with E-state index < -0.39 is 0 Å². The lowest BCUT2D eigenvalue weighted by Crippen LogP contribution is -2.20. The number of carbonyl (C=O) groups excluding carboxylic acids is 1. The molecule has 0 atom stereocenters. The predicted molar refractivity (Wildman–Crippen MR) is 103 cm³/mol. The second-order valence-corrected chi connectivity index (χ2v) is 6.13. The van der Waals surface area contributed by atoms with Gasteiger partial charge in [0.25, 0.3) is 5.91 Å². The summed E-state index contributed by atoms with van der Waals surface area (Å²) in [6.07, 6.45) is 0. The molecule has 0 bridgehead atoms. The van der Waals surface area contributed by atoms with Gasteiger partial charge in [-0.3, -0.25) is 4.79 Å². The molecule has 0 spiro atoms. The molecular weight excluding hydrogens is 330 g/mol. The van der Waals surface area contributed by atoms with E-state index >= 15 is 0 Å². The molecule has 1 amide bonds. The monoisotopic (exact) mass is 357 g/mol. The quantitative estimate of drug-likeness (QED) is 0.646. The van der Waals surface area contributed by atoms with Crippen molar-refractivity contribution >= 4 is 11.6 Å². The van der Waals surface area contributed by atoms with E-state index in [4.69, 9.17) is 14.2 Å². The van der Waals surface area contributed by atoms with Gasteiger partial charge in [0.2, 0.25) is 0 Å². The summed E-state index contributed by atoms with van der Waals surface area (Å²) < 4.78 is 16.3. The number of nitrogens with one attached hydrogen (secondary N) is 1. The van der Waals surface area contributed by atoms with Crippen molar-refractivity contribution in [2.75, 3.05) is 31.7 Å². The van der Waals surface area contributed by atoms with Gasteiger partial charge < -0.3 is 19.5 Å². The van der Waals surface area contributed by atoms with Crippen LogP contribution < -0.4 is 14.8 Å². The Labute approximate surface area is 155 Å². The van der Waals surface area contributed by atoms with Crippen LogP contribution in [0, 0.1) is 0 Å². The van der Waals surface area contributed by atoms with Gasteiger partial charge in [0.05, 0.1) is 6.61 Å². The molecule has 5 heteroatoms. The average molecular weight is 357 g/mol. The van der Waals surface area contributed by atoms with Crippen LogP contribution in [-0.4, -0.2) is 32.3 Å². The summed E-state index contributed by atoms with van der Waals surface area (Å²) in [7, 11) is 0. The van der Waals surface area contributed by atoms with Crippen molar-refractivity contribution < 1.29 is 19.0 Å². The minimum absolute atomic E-state index is 0.0341. The van der Waals surface area contributed by atoms with Crippen LogP contribution in [0.1, 0.15) is 32.3 Å². The summed E-state index contributed by atoms with van der Waals surface area (Å²) in [4.78, 5) is 12.0. The maximum Gasteiger partial charge on any atom is 0.262 e. The van der Waals surface area contributed by atoms with Crippen LogP contribution in [-0.2, 0) is 9.53 Å². The van der Waals surface area contributed by atoms with E-state index in [-0.39, 0.29) is 12.5 Å². The molecule has 0 saturated heterocycles. The topological polar surface area (TPSA) is 56.8 Å². The fourth-order valence-electron chi connectivity index (χ4n) is 2.29. The SMILES string of the molecule is CCOCCOc1ccc(NC(=O)COc2ccc(C(C)C)cc2)cc1. The molecule has 26 heavy (non-hydrogen) atoms. The van der Waals surface area contributed by atoms with E-state index in [1.165, 1.54) is 5.56 Å². The van der Waals surface area contributed by atoms with Gasteiger partial charge in [-0.15, -0.1) is 0 Å². The first-order valence-electron chi connectivity index (χ1n) is 8.91. The summed E-state index contributed by atoms with van der Waals surface area (Å²) in [6, 6.07) is 15.0. The molecule has 2 aromatic rings. The van der Waals surface area contributed by atoms with Crippen molar-refractivity contribution in [3.05, 3.63) is 54.1 Å². The molecule has 140 valence electrons. The molecule has 0 aromatic heterocycles. The summed E-state index contributed by atoms with van der Waals surface area (Å²) in [5, 5.41) is 2.80. The highest BCUT2D eigenvalue weighted by Gasteiger charge is 2.05. The third-order valence-corrected chi connectivity index (χ3v) is 3.76. The number of ether oxygens (including phenoxy) is 3. The Bertz CT molecular complexity index is 665. The van der Waals surface area contributed by atoms with Crippen molar-refractivity contribution in [2.24, 2.45) is 0 Å². The van der Waals surface area contributed by atoms with Crippen LogP contribution in [0.3, 0.4) is 0 Å². The molecule has 1 N–H and O–H groups in total. The molecule has 2 rings (SSSR count). The highest BCUT2D eigenvalue weighted by molar-refractivity contribution is 5.91. The Morgan fingerprint density at radius 1 is 0.923 bits per heavy atom. The van der Waals surface area contributed by atoms with Gasteiger partial charge in [-0.05, 0) is 54.8 Å². The number of amides is 1. The number of carbonyl (C=O) groups is 1. The van der Waals surface area contributed by atoms with E-state index in [1.54, 1.807) is 12.1 Å². The zero-order valence-corrected chi connectivity index (χ0v) is 15.7. The van der Waals surface area contributed by atoms with E-state index in [2.05, 4.69) is 19.2 Å². The zero-order valence-electron chi connectivity index (χ0n) is 15.7. The fraction of sp³-hybridized carbons (Fsp3) is 0.381.